The lowest BCUT2D eigenvalue weighted by molar-refractivity contribution is -0.115. The number of Topliss-reactive ketones (excluding diaryl/α,β-unsaturated/α-hetero) is 1. The third-order valence-electron chi connectivity index (χ3n) is 2.79. The molecule has 0 aliphatic carbocycles. The van der Waals surface area contributed by atoms with Gasteiger partial charge in [0.1, 0.15) is 0 Å². The first-order valence-electron chi connectivity index (χ1n) is 6.58. The highest BCUT2D eigenvalue weighted by atomic mass is 32.2. The van der Waals surface area contributed by atoms with Crippen molar-refractivity contribution in [2.45, 2.75) is 38.9 Å². The van der Waals surface area contributed by atoms with Crippen molar-refractivity contribution in [3.8, 4) is 0 Å². The number of benzene rings is 1. The Balaban J connectivity index is 2.49. The molecule has 0 fully saturated rings. The second kappa shape index (κ2) is 8.00. The number of amides is 1. The molecule has 4 heteroatoms. The first-order chi connectivity index (χ1) is 9.04. The molecular formula is C15H21NO2S. The van der Waals surface area contributed by atoms with Crippen molar-refractivity contribution in [2.24, 2.45) is 0 Å². The van der Waals surface area contributed by atoms with Gasteiger partial charge in [0.2, 0.25) is 5.91 Å². The summed E-state index contributed by atoms with van der Waals surface area (Å²) < 4.78 is 0. The van der Waals surface area contributed by atoms with Gasteiger partial charge in [-0.15, -0.1) is 11.8 Å². The average Bonchev–Trinajstić information content (AvgIpc) is 2.39. The van der Waals surface area contributed by atoms with E-state index in [0.29, 0.717) is 5.56 Å². The van der Waals surface area contributed by atoms with E-state index in [4.69, 9.17) is 0 Å². The van der Waals surface area contributed by atoms with Crippen LogP contribution in [-0.2, 0) is 4.79 Å². The number of unbranched alkanes of at least 4 members (excludes halogenated alkanes) is 1. The fraction of sp³-hybridized carbons (Fsp3) is 0.467. The lowest BCUT2D eigenvalue weighted by atomic mass is 10.1. The van der Waals surface area contributed by atoms with Crippen LogP contribution in [0.3, 0.4) is 0 Å². The quantitative estimate of drug-likeness (QED) is 0.611. The van der Waals surface area contributed by atoms with Crippen LogP contribution in [0.15, 0.2) is 24.3 Å². The van der Waals surface area contributed by atoms with Crippen molar-refractivity contribution in [3.63, 3.8) is 0 Å². The maximum atomic E-state index is 11.9. The summed E-state index contributed by atoms with van der Waals surface area (Å²) in [6.07, 6.45) is 2.28. The smallest absolute Gasteiger partial charge is 0.237 e. The molecular weight excluding hydrogens is 258 g/mol. The van der Waals surface area contributed by atoms with E-state index in [1.807, 2.05) is 6.92 Å². The van der Waals surface area contributed by atoms with Gasteiger partial charge >= 0.3 is 0 Å². The molecule has 1 amide bonds. The zero-order valence-electron chi connectivity index (χ0n) is 11.7. The van der Waals surface area contributed by atoms with Gasteiger partial charge in [0, 0.05) is 11.3 Å². The maximum absolute atomic E-state index is 11.9. The molecule has 1 aromatic rings. The molecule has 104 valence electrons. The van der Waals surface area contributed by atoms with Crippen LogP contribution in [0.1, 0.15) is 44.0 Å². The summed E-state index contributed by atoms with van der Waals surface area (Å²) in [6, 6.07) is 6.98. The standard InChI is InChI=1S/C15H21NO2S/c1-4-5-10-19-12(3)15(18)16-14-8-6-13(7-9-14)11(2)17/h6-9,12H,4-5,10H2,1-3H3,(H,16,18). The highest BCUT2D eigenvalue weighted by molar-refractivity contribution is 8.00. The van der Waals surface area contributed by atoms with Crippen LogP contribution in [-0.4, -0.2) is 22.7 Å². The highest BCUT2D eigenvalue weighted by Crippen LogP contribution is 2.16. The minimum atomic E-state index is -0.0565. The predicted molar refractivity (Wildman–Crippen MR) is 81.9 cm³/mol. The number of hydrogen-bond acceptors (Lipinski definition) is 3. The maximum Gasteiger partial charge on any atom is 0.237 e. The number of thioether (sulfide) groups is 1. The molecule has 0 spiro atoms. The number of nitrogens with one attached hydrogen (secondary N) is 1. The lowest BCUT2D eigenvalue weighted by Gasteiger charge is -2.11. The third-order valence-corrected chi connectivity index (χ3v) is 4.03. The summed E-state index contributed by atoms with van der Waals surface area (Å²) in [7, 11) is 0. The zero-order valence-corrected chi connectivity index (χ0v) is 12.5. The van der Waals surface area contributed by atoms with E-state index >= 15 is 0 Å². The minimum Gasteiger partial charge on any atom is -0.325 e. The third kappa shape index (κ3) is 5.47. The van der Waals surface area contributed by atoms with Crippen molar-refractivity contribution >= 4 is 29.1 Å². The average molecular weight is 279 g/mol. The van der Waals surface area contributed by atoms with Gasteiger partial charge in [-0.25, -0.2) is 0 Å². The molecule has 3 nitrogen and oxygen atoms in total. The van der Waals surface area contributed by atoms with Gasteiger partial charge < -0.3 is 5.32 Å². The topological polar surface area (TPSA) is 46.2 Å². The SMILES string of the molecule is CCCCSC(C)C(=O)Nc1ccc(C(C)=O)cc1. The molecule has 0 aliphatic heterocycles. The van der Waals surface area contributed by atoms with Gasteiger partial charge in [-0.3, -0.25) is 9.59 Å². The number of carbonyl (C=O) groups is 2. The van der Waals surface area contributed by atoms with Crippen LogP contribution in [0.5, 0.6) is 0 Å². The molecule has 1 unspecified atom stereocenters. The minimum absolute atomic E-state index is 0.0108. The fourth-order valence-corrected chi connectivity index (χ4v) is 2.53. The first-order valence-corrected chi connectivity index (χ1v) is 7.63. The van der Waals surface area contributed by atoms with Crippen LogP contribution in [0.4, 0.5) is 5.69 Å². The Morgan fingerprint density at radius 2 is 1.89 bits per heavy atom. The summed E-state index contributed by atoms with van der Waals surface area (Å²) in [5.41, 5.74) is 1.39. The largest absolute Gasteiger partial charge is 0.325 e. The Bertz CT molecular complexity index is 428. The number of rotatable bonds is 7. The van der Waals surface area contributed by atoms with Gasteiger partial charge in [0.05, 0.1) is 5.25 Å². The molecule has 1 atom stereocenters. The van der Waals surface area contributed by atoms with Gasteiger partial charge in [0.25, 0.3) is 0 Å². The van der Waals surface area contributed by atoms with E-state index in [9.17, 15) is 9.59 Å². The van der Waals surface area contributed by atoms with Crippen molar-refractivity contribution in [3.05, 3.63) is 29.8 Å². The van der Waals surface area contributed by atoms with Crippen LogP contribution in [0, 0.1) is 0 Å². The number of ketones is 1. The van der Waals surface area contributed by atoms with Crippen molar-refractivity contribution in [1.29, 1.82) is 0 Å². The molecule has 0 aliphatic rings. The second-order valence-corrected chi connectivity index (χ2v) is 5.94. The molecule has 0 heterocycles. The van der Waals surface area contributed by atoms with Gasteiger partial charge in [-0.1, -0.05) is 13.3 Å². The molecule has 0 saturated carbocycles. The summed E-state index contributed by atoms with van der Waals surface area (Å²) >= 11 is 1.67. The molecule has 1 aromatic carbocycles. The Labute approximate surface area is 119 Å². The van der Waals surface area contributed by atoms with E-state index < -0.39 is 0 Å². The zero-order chi connectivity index (χ0) is 14.3. The number of anilines is 1. The number of hydrogen-bond donors (Lipinski definition) is 1. The predicted octanol–water partition coefficient (Wildman–Crippen LogP) is 3.75. The molecule has 0 radical (unpaired) electrons. The summed E-state index contributed by atoms with van der Waals surface area (Å²) in [4.78, 5) is 23.1. The Kier molecular flexibility index (Phi) is 6.64. The highest BCUT2D eigenvalue weighted by Gasteiger charge is 2.13. The summed E-state index contributed by atoms with van der Waals surface area (Å²) in [5, 5.41) is 2.81. The molecule has 0 saturated heterocycles. The lowest BCUT2D eigenvalue weighted by Crippen LogP contribution is -2.22. The van der Waals surface area contributed by atoms with E-state index in [1.165, 1.54) is 6.92 Å². The van der Waals surface area contributed by atoms with E-state index in [1.54, 1.807) is 36.0 Å². The molecule has 1 rings (SSSR count). The van der Waals surface area contributed by atoms with Gasteiger partial charge in [0.15, 0.2) is 5.78 Å². The monoisotopic (exact) mass is 279 g/mol. The van der Waals surface area contributed by atoms with Crippen molar-refractivity contribution in [1.82, 2.24) is 0 Å². The number of carbonyl (C=O) groups excluding carboxylic acids is 2. The summed E-state index contributed by atoms with van der Waals surface area (Å²) in [5.74, 6) is 1.05. The Morgan fingerprint density at radius 3 is 2.42 bits per heavy atom. The van der Waals surface area contributed by atoms with Crippen molar-refractivity contribution < 1.29 is 9.59 Å². The first kappa shape index (κ1) is 15.8. The van der Waals surface area contributed by atoms with E-state index in [2.05, 4.69) is 12.2 Å². The van der Waals surface area contributed by atoms with Crippen LogP contribution >= 0.6 is 11.8 Å². The molecule has 19 heavy (non-hydrogen) atoms. The normalized spacial score (nSPS) is 11.9. The van der Waals surface area contributed by atoms with Crippen LogP contribution in [0.2, 0.25) is 0 Å². The van der Waals surface area contributed by atoms with Crippen LogP contribution in [0.25, 0.3) is 0 Å². The van der Waals surface area contributed by atoms with Crippen molar-refractivity contribution in [2.75, 3.05) is 11.1 Å². The van der Waals surface area contributed by atoms with E-state index in [-0.39, 0.29) is 16.9 Å². The Hall–Kier alpha value is -1.29. The van der Waals surface area contributed by atoms with Crippen LogP contribution < -0.4 is 5.32 Å². The molecule has 0 bridgehead atoms. The fourth-order valence-electron chi connectivity index (χ4n) is 1.51. The van der Waals surface area contributed by atoms with Gasteiger partial charge in [-0.05, 0) is 50.3 Å². The molecule has 0 aromatic heterocycles. The van der Waals surface area contributed by atoms with E-state index in [0.717, 1.165) is 24.3 Å². The molecule has 1 N–H and O–H groups in total. The summed E-state index contributed by atoms with van der Waals surface area (Å²) in [6.45, 7) is 5.58. The second-order valence-electron chi connectivity index (χ2n) is 4.49. The Morgan fingerprint density at radius 1 is 1.26 bits per heavy atom. The van der Waals surface area contributed by atoms with Gasteiger partial charge in [-0.2, -0.15) is 0 Å².